The maximum atomic E-state index is 11.8. The Morgan fingerprint density at radius 3 is 2.57 bits per heavy atom. The number of hydrogen-bond donors (Lipinski definition) is 1. The lowest BCUT2D eigenvalue weighted by Gasteiger charge is -2.17. The Balaban J connectivity index is 0.00000400. The van der Waals surface area contributed by atoms with E-state index in [9.17, 15) is 4.79 Å². The smallest absolute Gasteiger partial charge is 0.236 e. The van der Waals surface area contributed by atoms with Gasteiger partial charge in [-0.1, -0.05) is 15.9 Å². The highest BCUT2D eigenvalue weighted by atomic mass is 79.9. The molecule has 1 aromatic carbocycles. The Hall–Kier alpha value is -0.820. The van der Waals surface area contributed by atoms with Crippen LogP contribution >= 0.6 is 28.3 Å². The maximum absolute atomic E-state index is 11.8. The molecule has 0 atom stereocenters. The molecular weight excluding hydrogens is 360 g/mol. The van der Waals surface area contributed by atoms with E-state index in [1.807, 2.05) is 24.3 Å². The molecule has 1 N–H and O–H groups in total. The van der Waals surface area contributed by atoms with Crippen LogP contribution in [0.2, 0.25) is 0 Å². The van der Waals surface area contributed by atoms with Gasteiger partial charge in [-0.2, -0.15) is 0 Å². The summed E-state index contributed by atoms with van der Waals surface area (Å²) in [5.41, 5.74) is 0. The average molecular weight is 382 g/mol. The molecule has 7 heteroatoms. The average Bonchev–Trinajstić information content (AvgIpc) is 2.45. The van der Waals surface area contributed by atoms with Crippen LogP contribution in [0.15, 0.2) is 28.7 Å². The first-order valence-corrected chi connectivity index (χ1v) is 7.24. The van der Waals surface area contributed by atoms with Crippen molar-refractivity contribution in [1.29, 1.82) is 0 Å². The van der Waals surface area contributed by atoms with Gasteiger partial charge in [0.2, 0.25) is 5.91 Å². The van der Waals surface area contributed by atoms with Crippen molar-refractivity contribution in [3.8, 4) is 5.75 Å². The zero-order chi connectivity index (χ0) is 14.8. The summed E-state index contributed by atoms with van der Waals surface area (Å²) < 4.78 is 11.5. The minimum atomic E-state index is 0. The predicted octanol–water partition coefficient (Wildman–Crippen LogP) is 1.94. The third-order valence-electron chi connectivity index (χ3n) is 2.69. The molecule has 0 aliphatic carbocycles. The molecule has 1 aromatic rings. The van der Waals surface area contributed by atoms with Crippen molar-refractivity contribution < 1.29 is 14.3 Å². The van der Waals surface area contributed by atoms with Crippen LogP contribution in [0.3, 0.4) is 0 Å². The summed E-state index contributed by atoms with van der Waals surface area (Å²) in [5, 5.41) is 3.02. The maximum Gasteiger partial charge on any atom is 0.236 e. The Labute approximate surface area is 140 Å². The van der Waals surface area contributed by atoms with Crippen LogP contribution in [0.1, 0.15) is 0 Å². The first-order valence-electron chi connectivity index (χ1n) is 6.45. The third-order valence-corrected chi connectivity index (χ3v) is 3.22. The number of hydrogen-bond acceptors (Lipinski definition) is 4. The number of nitrogens with one attached hydrogen (secondary N) is 1. The van der Waals surface area contributed by atoms with E-state index in [0.29, 0.717) is 32.8 Å². The molecular formula is C14H22BrClN2O3. The number of carbonyl (C=O) groups is 1. The lowest BCUT2D eigenvalue weighted by molar-refractivity contribution is -0.129. The SMILES string of the molecule is COCCNCC(=O)N(C)CCOc1ccc(Br)cc1.Cl. The Morgan fingerprint density at radius 2 is 1.95 bits per heavy atom. The highest BCUT2D eigenvalue weighted by Crippen LogP contribution is 2.15. The second-order valence-corrected chi connectivity index (χ2v) is 5.20. The number of rotatable bonds is 9. The molecule has 1 amide bonds. The van der Waals surface area contributed by atoms with Crippen molar-refractivity contribution in [2.45, 2.75) is 0 Å². The number of halogens is 2. The van der Waals surface area contributed by atoms with Gasteiger partial charge in [-0.15, -0.1) is 12.4 Å². The van der Waals surface area contributed by atoms with Gasteiger partial charge in [0.05, 0.1) is 19.7 Å². The van der Waals surface area contributed by atoms with E-state index in [1.165, 1.54) is 0 Å². The summed E-state index contributed by atoms with van der Waals surface area (Å²) in [7, 11) is 3.40. The van der Waals surface area contributed by atoms with Crippen LogP contribution in [0, 0.1) is 0 Å². The molecule has 1 rings (SSSR count). The number of carbonyl (C=O) groups excluding carboxylic acids is 1. The Bertz CT molecular complexity index is 404. The number of likely N-dealkylation sites (N-methyl/N-ethyl adjacent to an activating group) is 1. The van der Waals surface area contributed by atoms with Gasteiger partial charge in [-0.05, 0) is 24.3 Å². The molecule has 0 aliphatic rings. The van der Waals surface area contributed by atoms with Gasteiger partial charge in [0.15, 0.2) is 0 Å². The van der Waals surface area contributed by atoms with E-state index < -0.39 is 0 Å². The normalized spacial score (nSPS) is 9.86. The minimum absolute atomic E-state index is 0. The zero-order valence-electron chi connectivity index (χ0n) is 12.3. The molecule has 120 valence electrons. The molecule has 0 fully saturated rings. The van der Waals surface area contributed by atoms with Crippen LogP contribution in [-0.2, 0) is 9.53 Å². The lowest BCUT2D eigenvalue weighted by atomic mass is 10.3. The van der Waals surface area contributed by atoms with E-state index in [-0.39, 0.29) is 18.3 Å². The summed E-state index contributed by atoms with van der Waals surface area (Å²) in [6.45, 7) is 2.62. The molecule has 0 unspecified atom stereocenters. The van der Waals surface area contributed by atoms with Crippen LogP contribution < -0.4 is 10.1 Å². The first-order chi connectivity index (χ1) is 9.63. The van der Waals surface area contributed by atoms with Crippen molar-refractivity contribution >= 4 is 34.2 Å². The number of methoxy groups -OCH3 is 1. The lowest BCUT2D eigenvalue weighted by Crippen LogP contribution is -2.38. The summed E-state index contributed by atoms with van der Waals surface area (Å²) in [5.74, 6) is 0.841. The van der Waals surface area contributed by atoms with Crippen LogP contribution in [0.5, 0.6) is 5.75 Å². The van der Waals surface area contributed by atoms with Crippen molar-refractivity contribution in [2.24, 2.45) is 0 Å². The summed E-state index contributed by atoms with van der Waals surface area (Å²) in [6.07, 6.45) is 0. The van der Waals surface area contributed by atoms with Gasteiger partial charge in [0, 0.05) is 25.2 Å². The molecule has 0 spiro atoms. The Kier molecular flexibility index (Phi) is 11.3. The number of nitrogens with zero attached hydrogens (tertiary/aromatic N) is 1. The molecule has 0 saturated heterocycles. The van der Waals surface area contributed by atoms with E-state index >= 15 is 0 Å². The van der Waals surface area contributed by atoms with Gasteiger partial charge in [-0.3, -0.25) is 4.79 Å². The highest BCUT2D eigenvalue weighted by molar-refractivity contribution is 9.10. The van der Waals surface area contributed by atoms with Gasteiger partial charge >= 0.3 is 0 Å². The second-order valence-electron chi connectivity index (χ2n) is 4.29. The fourth-order valence-electron chi connectivity index (χ4n) is 1.46. The molecule has 0 saturated carbocycles. The second kappa shape index (κ2) is 11.8. The molecule has 5 nitrogen and oxygen atoms in total. The van der Waals surface area contributed by atoms with Crippen LogP contribution in [0.4, 0.5) is 0 Å². The monoisotopic (exact) mass is 380 g/mol. The molecule has 0 bridgehead atoms. The standard InChI is InChI=1S/C14H21BrN2O3.ClH/c1-17(14(18)11-16-7-9-19-2)8-10-20-13-5-3-12(15)4-6-13;/h3-6,16H,7-11H2,1-2H3;1H. The van der Waals surface area contributed by atoms with Crippen LogP contribution in [0.25, 0.3) is 0 Å². The van der Waals surface area contributed by atoms with Gasteiger partial charge < -0.3 is 19.7 Å². The molecule has 0 radical (unpaired) electrons. The third kappa shape index (κ3) is 8.93. The number of benzene rings is 1. The Morgan fingerprint density at radius 1 is 1.29 bits per heavy atom. The van der Waals surface area contributed by atoms with Crippen molar-refractivity contribution in [1.82, 2.24) is 10.2 Å². The minimum Gasteiger partial charge on any atom is -0.492 e. The quantitative estimate of drug-likeness (QED) is 0.664. The van der Waals surface area contributed by atoms with Crippen LogP contribution in [-0.4, -0.2) is 57.8 Å². The van der Waals surface area contributed by atoms with Gasteiger partial charge in [0.25, 0.3) is 0 Å². The highest BCUT2D eigenvalue weighted by Gasteiger charge is 2.07. The predicted molar refractivity (Wildman–Crippen MR) is 89.3 cm³/mol. The van der Waals surface area contributed by atoms with Gasteiger partial charge in [-0.25, -0.2) is 0 Å². The fourth-order valence-corrected chi connectivity index (χ4v) is 1.72. The summed E-state index contributed by atoms with van der Waals surface area (Å²) >= 11 is 3.37. The van der Waals surface area contributed by atoms with E-state index in [2.05, 4.69) is 21.2 Å². The van der Waals surface area contributed by atoms with E-state index in [4.69, 9.17) is 9.47 Å². The van der Waals surface area contributed by atoms with Gasteiger partial charge in [0.1, 0.15) is 12.4 Å². The van der Waals surface area contributed by atoms with Crippen molar-refractivity contribution in [2.75, 3.05) is 47.0 Å². The number of amides is 1. The first kappa shape index (κ1) is 20.2. The zero-order valence-corrected chi connectivity index (χ0v) is 14.7. The number of ether oxygens (including phenoxy) is 2. The summed E-state index contributed by atoms with van der Waals surface area (Å²) in [6, 6.07) is 7.62. The van der Waals surface area contributed by atoms with Crippen molar-refractivity contribution in [3.63, 3.8) is 0 Å². The topological polar surface area (TPSA) is 50.8 Å². The summed E-state index contributed by atoms with van der Waals surface area (Å²) in [4.78, 5) is 13.4. The molecule has 0 aliphatic heterocycles. The van der Waals surface area contributed by atoms with Crippen molar-refractivity contribution in [3.05, 3.63) is 28.7 Å². The molecule has 0 aromatic heterocycles. The molecule has 21 heavy (non-hydrogen) atoms. The van der Waals surface area contributed by atoms with E-state index in [0.717, 1.165) is 10.2 Å². The van der Waals surface area contributed by atoms with E-state index in [1.54, 1.807) is 19.1 Å². The fraction of sp³-hybridized carbons (Fsp3) is 0.500. The largest absolute Gasteiger partial charge is 0.492 e. The molecule has 0 heterocycles.